The zero-order valence-corrected chi connectivity index (χ0v) is 34.4. The van der Waals surface area contributed by atoms with Gasteiger partial charge in [0.2, 0.25) is 23.3 Å². The van der Waals surface area contributed by atoms with Crippen LogP contribution in [-0.2, 0) is 47.5 Å². The molecule has 0 rings (SSSR count). The lowest BCUT2D eigenvalue weighted by molar-refractivity contribution is -0.573. The molecular weight excluding hydrogens is 790 g/mol. The topological polar surface area (TPSA) is 323 Å². The van der Waals surface area contributed by atoms with E-state index < -0.39 is 52.1 Å². The maximum absolute atomic E-state index is 12.7. The van der Waals surface area contributed by atoms with Crippen LogP contribution < -0.4 is 31.9 Å². The molecule has 24 nitrogen and oxygen atoms in total. The van der Waals surface area contributed by atoms with Crippen molar-refractivity contribution in [1.29, 1.82) is 0 Å². The maximum Gasteiger partial charge on any atom is 0.407 e. The average Bonchev–Trinajstić information content (AvgIpc) is 3.15. The molecule has 0 saturated carbocycles. The first-order valence-corrected chi connectivity index (χ1v) is 19.4. The number of rotatable bonds is 37. The fourth-order valence-corrected chi connectivity index (χ4v) is 4.71. The second-order valence-corrected chi connectivity index (χ2v) is 13.6. The Morgan fingerprint density at radius 2 is 0.746 bits per heavy atom. The first-order chi connectivity index (χ1) is 28.1. The molecule has 0 aromatic carbocycles. The highest BCUT2D eigenvalue weighted by Crippen LogP contribution is 2.29. The van der Waals surface area contributed by atoms with Crippen LogP contribution in [0.2, 0.25) is 0 Å². The fourth-order valence-electron chi connectivity index (χ4n) is 4.71. The molecule has 0 bridgehead atoms. The number of carbonyl (C=O) groups is 6. The Labute approximate surface area is 343 Å². The molecule has 59 heavy (non-hydrogen) atoms. The largest absolute Gasteiger partial charge is 0.465 e. The Bertz CT molecular complexity index is 1170. The molecular formula is C35H65N7O17. The lowest BCUT2D eigenvalue weighted by atomic mass is 9.84. The Kier molecular flexibility index (Phi) is 31.6. The van der Waals surface area contributed by atoms with Gasteiger partial charge in [-0.2, -0.15) is 0 Å². The lowest BCUT2D eigenvalue weighted by Crippen LogP contribution is -2.43. The van der Waals surface area contributed by atoms with Crippen molar-refractivity contribution < 1.29 is 77.1 Å². The molecule has 0 saturated heterocycles. The van der Waals surface area contributed by atoms with Crippen LogP contribution in [0.5, 0.6) is 0 Å². The number of nitrogens with one attached hydrogen (secondary N) is 6. The van der Waals surface area contributed by atoms with Crippen LogP contribution in [0.1, 0.15) is 59.3 Å². The normalized spacial score (nSPS) is 11.3. The molecule has 342 valence electrons. The van der Waals surface area contributed by atoms with Crippen molar-refractivity contribution in [3.05, 3.63) is 10.1 Å². The zero-order chi connectivity index (χ0) is 44.2. The second kappa shape index (κ2) is 34.3. The number of nitro groups is 1. The molecule has 8 N–H and O–H groups in total. The number of amides is 6. The van der Waals surface area contributed by atoms with Gasteiger partial charge in [-0.05, 0) is 20.8 Å². The SMILES string of the molecule is CC(C)(C)OC(=O)NCCOCCOCCNC(=O)CCC(CCC(=O)NCCOCCOCCNC(=O)O)(CCC(=O)NCCOCCOCCNC(=O)O)[N+](=O)[O-]. The van der Waals surface area contributed by atoms with Crippen molar-refractivity contribution in [2.24, 2.45) is 0 Å². The zero-order valence-electron chi connectivity index (χ0n) is 34.4. The Morgan fingerprint density at radius 1 is 0.475 bits per heavy atom. The second-order valence-electron chi connectivity index (χ2n) is 13.6. The van der Waals surface area contributed by atoms with Crippen molar-refractivity contribution in [2.45, 2.75) is 70.4 Å². The van der Waals surface area contributed by atoms with Crippen molar-refractivity contribution in [3.63, 3.8) is 0 Å². The Hall–Kier alpha value is -4.62. The van der Waals surface area contributed by atoms with Crippen molar-refractivity contribution in [3.8, 4) is 0 Å². The highest BCUT2D eigenvalue weighted by atomic mass is 16.6. The molecule has 0 heterocycles. The third kappa shape index (κ3) is 35.1. The van der Waals surface area contributed by atoms with E-state index in [1.54, 1.807) is 20.8 Å². The van der Waals surface area contributed by atoms with Crippen LogP contribution in [0.4, 0.5) is 14.4 Å². The van der Waals surface area contributed by atoms with Crippen LogP contribution in [0, 0.1) is 10.1 Å². The van der Waals surface area contributed by atoms with Crippen LogP contribution in [0.25, 0.3) is 0 Å². The van der Waals surface area contributed by atoms with Gasteiger partial charge in [0, 0.05) is 82.7 Å². The summed E-state index contributed by atoms with van der Waals surface area (Å²) in [6, 6.07) is 0. The summed E-state index contributed by atoms with van der Waals surface area (Å²) in [5.74, 6) is -1.44. The highest BCUT2D eigenvalue weighted by Gasteiger charge is 2.43. The number of alkyl carbamates (subject to hydrolysis) is 1. The molecule has 0 unspecified atom stereocenters. The van der Waals surface area contributed by atoms with Gasteiger partial charge in [0.1, 0.15) is 5.60 Å². The average molecular weight is 856 g/mol. The standard InChI is InChI=1S/C35H65N7O17/c1-34(2,3)59-33(50)41-15-21-58-27-24-55-18-12-38-30(45)6-9-35(42(51)52,7-4-28(43)36-10-16-53-22-25-56-19-13-39-31(46)47)8-5-29(44)37-11-17-54-23-26-57-20-14-40-32(48)49/h39-40H,4-27H2,1-3H3,(H,36,43)(H,37,44)(H,38,45)(H,41,50)(H,46,47)(H,48,49). The smallest absolute Gasteiger partial charge is 0.407 e. The van der Waals surface area contributed by atoms with E-state index in [1.165, 1.54) is 0 Å². The minimum Gasteiger partial charge on any atom is -0.465 e. The van der Waals surface area contributed by atoms with Gasteiger partial charge in [-0.25, -0.2) is 14.4 Å². The number of hydrogen-bond donors (Lipinski definition) is 8. The van der Waals surface area contributed by atoms with Gasteiger partial charge in [-0.1, -0.05) is 0 Å². The molecule has 0 aliphatic carbocycles. The molecule has 6 amide bonds. The minimum absolute atomic E-state index is 0.116. The monoisotopic (exact) mass is 855 g/mol. The third-order valence-electron chi connectivity index (χ3n) is 7.62. The molecule has 0 radical (unpaired) electrons. The van der Waals surface area contributed by atoms with Gasteiger partial charge in [0.15, 0.2) is 0 Å². The van der Waals surface area contributed by atoms with Crippen LogP contribution in [-0.4, -0.2) is 181 Å². The fraction of sp³-hybridized carbons (Fsp3) is 0.829. The maximum atomic E-state index is 12.7. The summed E-state index contributed by atoms with van der Waals surface area (Å²) in [5.41, 5.74) is -2.38. The number of hydrogen-bond acceptors (Lipinski definition) is 15. The van der Waals surface area contributed by atoms with Crippen molar-refractivity contribution in [2.75, 3.05) is 119 Å². The highest BCUT2D eigenvalue weighted by molar-refractivity contribution is 5.77. The summed E-state index contributed by atoms with van der Waals surface area (Å²) < 4.78 is 37.1. The quantitative estimate of drug-likeness (QED) is 0.0229. The molecule has 0 spiro atoms. The molecule has 0 fully saturated rings. The van der Waals surface area contributed by atoms with E-state index in [-0.39, 0.29) is 157 Å². The molecule has 0 atom stereocenters. The van der Waals surface area contributed by atoms with E-state index in [2.05, 4.69) is 31.9 Å². The van der Waals surface area contributed by atoms with Crippen LogP contribution >= 0.6 is 0 Å². The number of ether oxygens (including phenoxy) is 7. The van der Waals surface area contributed by atoms with Gasteiger partial charge in [0.05, 0.1) is 79.3 Å². The van der Waals surface area contributed by atoms with E-state index in [0.29, 0.717) is 0 Å². The predicted molar refractivity (Wildman–Crippen MR) is 208 cm³/mol. The van der Waals surface area contributed by atoms with E-state index in [9.17, 15) is 38.9 Å². The third-order valence-corrected chi connectivity index (χ3v) is 7.62. The lowest BCUT2D eigenvalue weighted by Gasteiger charge is -2.25. The number of carbonyl (C=O) groups excluding carboxylic acids is 4. The van der Waals surface area contributed by atoms with Crippen molar-refractivity contribution >= 4 is 36.0 Å². The van der Waals surface area contributed by atoms with E-state index in [0.717, 1.165) is 0 Å². The summed E-state index contributed by atoms with van der Waals surface area (Å²) in [7, 11) is 0. The Balaban J connectivity index is 4.79. The molecule has 0 aliphatic rings. The van der Waals surface area contributed by atoms with Gasteiger partial charge in [-0.15, -0.1) is 0 Å². The first kappa shape index (κ1) is 54.4. The van der Waals surface area contributed by atoms with Gasteiger partial charge in [-0.3, -0.25) is 24.5 Å². The summed E-state index contributed by atoms with van der Waals surface area (Å²) in [6.45, 7) is 8.40. The molecule has 24 heteroatoms. The number of carboxylic acid groups (broad SMARTS) is 2. The summed E-state index contributed by atoms with van der Waals surface area (Å²) in [5, 5.41) is 44.3. The molecule has 0 aromatic heterocycles. The molecule has 0 aliphatic heterocycles. The van der Waals surface area contributed by atoms with E-state index >= 15 is 0 Å². The van der Waals surface area contributed by atoms with Gasteiger partial charge < -0.3 is 75.3 Å². The summed E-state index contributed by atoms with van der Waals surface area (Å²) >= 11 is 0. The van der Waals surface area contributed by atoms with E-state index in [4.69, 9.17) is 43.4 Å². The molecule has 0 aromatic rings. The van der Waals surface area contributed by atoms with E-state index in [1.807, 2.05) is 0 Å². The minimum atomic E-state index is -1.77. The van der Waals surface area contributed by atoms with Crippen molar-refractivity contribution in [1.82, 2.24) is 31.9 Å². The predicted octanol–water partition coefficient (Wildman–Crippen LogP) is -0.149. The van der Waals surface area contributed by atoms with Gasteiger partial charge >= 0.3 is 18.3 Å². The summed E-state index contributed by atoms with van der Waals surface area (Å²) in [4.78, 5) is 82.4. The van der Waals surface area contributed by atoms with Crippen LogP contribution in [0.3, 0.4) is 0 Å². The first-order valence-electron chi connectivity index (χ1n) is 19.4. The Morgan fingerprint density at radius 3 is 1.00 bits per heavy atom. The number of nitrogens with zero attached hydrogens (tertiary/aromatic N) is 1. The van der Waals surface area contributed by atoms with Gasteiger partial charge in [0.25, 0.3) is 0 Å². The van der Waals surface area contributed by atoms with Crippen LogP contribution in [0.15, 0.2) is 0 Å². The summed E-state index contributed by atoms with van der Waals surface area (Å²) in [6.07, 6.45) is -4.34.